The quantitative estimate of drug-likeness (QED) is 0.163. The van der Waals surface area contributed by atoms with Gasteiger partial charge in [-0.25, -0.2) is 0 Å². The zero-order chi connectivity index (χ0) is 22.8. The topological polar surface area (TPSA) is 52.6 Å². The minimum absolute atomic E-state index is 0.216. The largest absolute Gasteiger partial charge is 0.461 e. The van der Waals surface area contributed by atoms with Crippen molar-refractivity contribution in [3.63, 3.8) is 0 Å². The summed E-state index contributed by atoms with van der Waals surface area (Å²) in [5.74, 6) is -0.432. The Morgan fingerprint density at radius 3 is 1.27 bits per heavy atom. The molecule has 0 saturated carbocycles. The normalized spacial score (nSPS) is 11.7. The summed E-state index contributed by atoms with van der Waals surface area (Å²) in [6, 6.07) is 0. The Bertz CT molecular complexity index is 571. The average molecular weight is 419 g/mol. The Balaban J connectivity index is 3.80. The lowest BCUT2D eigenvalue weighted by atomic mass is 10.1. The van der Waals surface area contributed by atoms with Crippen molar-refractivity contribution >= 4 is 11.9 Å². The van der Waals surface area contributed by atoms with Crippen molar-refractivity contribution in [3.8, 4) is 0 Å². The zero-order valence-corrected chi connectivity index (χ0v) is 20.0. The van der Waals surface area contributed by atoms with Crippen molar-refractivity contribution in [2.24, 2.45) is 0 Å². The number of esters is 2. The maximum atomic E-state index is 11.8. The Morgan fingerprint density at radius 1 is 0.567 bits per heavy atom. The fourth-order valence-corrected chi connectivity index (χ4v) is 2.62. The number of carbonyl (C=O) groups is 2. The highest BCUT2D eigenvalue weighted by atomic mass is 16.5. The lowest BCUT2D eigenvalue weighted by molar-refractivity contribution is -0.144. The van der Waals surface area contributed by atoms with Crippen LogP contribution in [-0.4, -0.2) is 25.2 Å². The van der Waals surface area contributed by atoms with Crippen LogP contribution >= 0.6 is 0 Å². The van der Waals surface area contributed by atoms with Gasteiger partial charge in [0.25, 0.3) is 0 Å². The molecule has 0 heterocycles. The second kappa shape index (κ2) is 17.7. The van der Waals surface area contributed by atoms with Gasteiger partial charge in [-0.2, -0.15) is 0 Å². The number of carbonyl (C=O) groups excluding carboxylic acids is 2. The summed E-state index contributed by atoms with van der Waals surface area (Å²) in [6.07, 6.45) is 14.3. The minimum atomic E-state index is -0.216. The molecule has 0 N–H and O–H groups in total. The molecule has 0 aliphatic heterocycles. The van der Waals surface area contributed by atoms with Gasteiger partial charge in [0.2, 0.25) is 0 Å². The summed E-state index contributed by atoms with van der Waals surface area (Å²) in [5.41, 5.74) is 5.09. The molecule has 0 aromatic carbocycles. The molecule has 0 aliphatic rings. The highest BCUT2D eigenvalue weighted by molar-refractivity contribution is 5.70. The van der Waals surface area contributed by atoms with Gasteiger partial charge in [-0.05, 0) is 92.2 Å². The molecule has 4 nitrogen and oxygen atoms in total. The fourth-order valence-electron chi connectivity index (χ4n) is 2.62. The van der Waals surface area contributed by atoms with Crippen molar-refractivity contribution in [1.29, 1.82) is 0 Å². The first-order chi connectivity index (χ1) is 14.2. The minimum Gasteiger partial charge on any atom is -0.461 e. The third kappa shape index (κ3) is 19.2. The van der Waals surface area contributed by atoms with E-state index in [0.717, 1.165) is 25.7 Å². The first-order valence-corrected chi connectivity index (χ1v) is 11.1. The van der Waals surface area contributed by atoms with Crippen LogP contribution in [0.3, 0.4) is 0 Å². The lowest BCUT2D eigenvalue weighted by Gasteiger charge is -2.05. The first kappa shape index (κ1) is 27.9. The van der Waals surface area contributed by atoms with Crippen LogP contribution in [0, 0.1) is 0 Å². The van der Waals surface area contributed by atoms with Crippen LogP contribution in [0.25, 0.3) is 0 Å². The summed E-state index contributed by atoms with van der Waals surface area (Å²) in [5, 5.41) is 0. The van der Waals surface area contributed by atoms with Crippen LogP contribution < -0.4 is 0 Å². The van der Waals surface area contributed by atoms with Crippen molar-refractivity contribution in [2.45, 2.75) is 92.9 Å². The maximum absolute atomic E-state index is 11.8. The van der Waals surface area contributed by atoms with E-state index in [1.807, 2.05) is 12.2 Å². The average Bonchev–Trinajstić information content (AvgIpc) is 2.64. The van der Waals surface area contributed by atoms with Crippen LogP contribution in [0.5, 0.6) is 0 Å². The zero-order valence-electron chi connectivity index (χ0n) is 20.0. The number of hydrogen-bond donors (Lipinski definition) is 0. The predicted molar refractivity (Wildman–Crippen MR) is 125 cm³/mol. The number of hydrogen-bond acceptors (Lipinski definition) is 4. The van der Waals surface area contributed by atoms with Gasteiger partial charge in [-0.3, -0.25) is 9.59 Å². The van der Waals surface area contributed by atoms with E-state index in [4.69, 9.17) is 9.47 Å². The number of allylic oxidation sites excluding steroid dienone is 6. The molecule has 0 atom stereocenters. The van der Waals surface area contributed by atoms with Gasteiger partial charge in [0, 0.05) is 12.8 Å². The van der Waals surface area contributed by atoms with E-state index in [0.29, 0.717) is 38.9 Å². The fraction of sp³-hybridized carbons (Fsp3) is 0.615. The van der Waals surface area contributed by atoms with Crippen molar-refractivity contribution in [3.05, 3.63) is 46.6 Å². The molecule has 0 unspecified atom stereocenters. The number of ether oxygens (including phenoxy) is 2. The molecule has 0 rings (SSSR count). The van der Waals surface area contributed by atoms with Crippen LogP contribution in [-0.2, 0) is 19.1 Å². The van der Waals surface area contributed by atoms with Gasteiger partial charge in [-0.1, -0.05) is 34.4 Å². The van der Waals surface area contributed by atoms with Gasteiger partial charge >= 0.3 is 11.9 Å². The van der Waals surface area contributed by atoms with Crippen LogP contribution in [0.4, 0.5) is 0 Å². The molecule has 0 aliphatic carbocycles. The third-order valence-corrected chi connectivity index (χ3v) is 4.55. The number of rotatable bonds is 15. The summed E-state index contributed by atoms with van der Waals surface area (Å²) < 4.78 is 10.5. The molecular weight excluding hydrogens is 376 g/mol. The smallest absolute Gasteiger partial charge is 0.306 e. The highest BCUT2D eigenvalue weighted by Gasteiger charge is 2.05. The Kier molecular flexibility index (Phi) is 16.5. The van der Waals surface area contributed by atoms with Gasteiger partial charge in [0.05, 0.1) is 0 Å². The van der Waals surface area contributed by atoms with E-state index < -0.39 is 0 Å². The van der Waals surface area contributed by atoms with E-state index in [1.54, 1.807) is 0 Å². The SMILES string of the molecule is CC(C)=CCC/C(C)=C/COC(=O)CCCCC(=O)OC/C=C(\C)CCC=C(C)C. The Labute approximate surface area is 184 Å². The van der Waals surface area contributed by atoms with Gasteiger partial charge < -0.3 is 9.47 Å². The van der Waals surface area contributed by atoms with Crippen LogP contribution in [0.2, 0.25) is 0 Å². The lowest BCUT2D eigenvalue weighted by Crippen LogP contribution is -2.07. The summed E-state index contributed by atoms with van der Waals surface area (Å²) >= 11 is 0. The summed E-state index contributed by atoms with van der Waals surface area (Å²) in [4.78, 5) is 23.5. The molecule has 30 heavy (non-hydrogen) atoms. The van der Waals surface area contributed by atoms with Gasteiger partial charge in [0.1, 0.15) is 13.2 Å². The molecule has 0 amide bonds. The summed E-state index contributed by atoms with van der Waals surface area (Å²) in [6.45, 7) is 13.1. The maximum Gasteiger partial charge on any atom is 0.306 e. The van der Waals surface area contributed by atoms with E-state index >= 15 is 0 Å². The van der Waals surface area contributed by atoms with E-state index in [9.17, 15) is 9.59 Å². The van der Waals surface area contributed by atoms with E-state index in [2.05, 4.69) is 53.7 Å². The highest BCUT2D eigenvalue weighted by Crippen LogP contribution is 2.08. The van der Waals surface area contributed by atoms with Crippen LogP contribution in [0.15, 0.2) is 46.6 Å². The van der Waals surface area contributed by atoms with Crippen molar-refractivity contribution in [1.82, 2.24) is 0 Å². The molecule has 0 bridgehead atoms. The van der Waals surface area contributed by atoms with Crippen molar-refractivity contribution in [2.75, 3.05) is 13.2 Å². The number of unbranched alkanes of at least 4 members (excludes halogenated alkanes) is 1. The molecule has 0 saturated heterocycles. The molecule has 0 aromatic rings. The molecule has 0 aromatic heterocycles. The van der Waals surface area contributed by atoms with Crippen LogP contribution in [0.1, 0.15) is 92.9 Å². The Hall–Kier alpha value is -2.10. The molecule has 0 fully saturated rings. The second-order valence-electron chi connectivity index (χ2n) is 8.31. The van der Waals surface area contributed by atoms with Gasteiger partial charge in [-0.15, -0.1) is 0 Å². The third-order valence-electron chi connectivity index (χ3n) is 4.55. The standard InChI is InChI=1S/C26H42O4/c1-21(2)11-9-13-23(5)17-19-29-25(27)15-7-8-16-26(28)30-20-18-24(6)14-10-12-22(3)4/h11-12,17-18H,7-10,13-16,19-20H2,1-6H3/b23-17+,24-18+. The predicted octanol–water partition coefficient (Wildman–Crippen LogP) is 7.02. The molecular formula is C26H42O4. The molecule has 0 radical (unpaired) electrons. The van der Waals surface area contributed by atoms with E-state index in [-0.39, 0.29) is 11.9 Å². The van der Waals surface area contributed by atoms with E-state index in [1.165, 1.54) is 22.3 Å². The van der Waals surface area contributed by atoms with Crippen molar-refractivity contribution < 1.29 is 19.1 Å². The first-order valence-electron chi connectivity index (χ1n) is 11.1. The Morgan fingerprint density at radius 2 is 0.933 bits per heavy atom. The molecule has 170 valence electrons. The van der Waals surface area contributed by atoms with Gasteiger partial charge in [0.15, 0.2) is 0 Å². The summed E-state index contributed by atoms with van der Waals surface area (Å²) in [7, 11) is 0. The second-order valence-corrected chi connectivity index (χ2v) is 8.31. The monoisotopic (exact) mass is 418 g/mol. The molecule has 0 spiro atoms. The molecule has 4 heteroatoms.